The predicted octanol–water partition coefficient (Wildman–Crippen LogP) is 3.50. The van der Waals surface area contributed by atoms with Gasteiger partial charge in [0.1, 0.15) is 17.5 Å². The molecule has 0 aromatic heterocycles. The minimum absolute atomic E-state index is 0.0200. The van der Waals surface area contributed by atoms with Gasteiger partial charge in [-0.05, 0) is 30.9 Å². The lowest BCUT2D eigenvalue weighted by atomic mass is 9.75. The number of nitrogens with one attached hydrogen (secondary N) is 1. The Bertz CT molecular complexity index is 336. The van der Waals surface area contributed by atoms with Crippen LogP contribution >= 0.6 is 11.8 Å². The van der Waals surface area contributed by atoms with Crippen molar-refractivity contribution in [1.82, 2.24) is 0 Å². The zero-order valence-corrected chi connectivity index (χ0v) is 13.0. The van der Waals surface area contributed by atoms with E-state index in [-0.39, 0.29) is 17.5 Å². The zero-order chi connectivity index (χ0) is 14.4. The number of thioether (sulfide) groups is 1. The molecule has 0 aromatic rings. The Hall–Kier alpha value is -0.640. The molecule has 0 aromatic carbocycles. The number of Topliss-reactive ketones (excluding diaryl/α,β-unsaturated/α-hetero) is 2. The van der Waals surface area contributed by atoms with Gasteiger partial charge in [-0.2, -0.15) is 11.8 Å². The first-order chi connectivity index (χ1) is 8.99. The Balaban J connectivity index is 2.58. The molecule has 4 heteroatoms. The smallest absolute Gasteiger partial charge is 0.149 e. The average Bonchev–Trinajstić information content (AvgIpc) is 2.28. The van der Waals surface area contributed by atoms with E-state index in [1.165, 1.54) is 0 Å². The van der Waals surface area contributed by atoms with E-state index in [1.807, 2.05) is 18.7 Å². The molecule has 1 fully saturated rings. The Morgan fingerprint density at radius 1 is 1.42 bits per heavy atom. The van der Waals surface area contributed by atoms with Crippen LogP contribution in [-0.2, 0) is 9.59 Å². The Labute approximate surface area is 120 Å². The van der Waals surface area contributed by atoms with Crippen molar-refractivity contribution in [3.8, 4) is 0 Å². The molecule has 19 heavy (non-hydrogen) atoms. The molecule has 1 N–H and O–H groups in total. The summed E-state index contributed by atoms with van der Waals surface area (Å²) in [7, 11) is 0. The van der Waals surface area contributed by atoms with Crippen molar-refractivity contribution in [1.29, 1.82) is 5.41 Å². The van der Waals surface area contributed by atoms with Crippen molar-refractivity contribution in [2.75, 3.05) is 5.75 Å². The van der Waals surface area contributed by atoms with E-state index in [2.05, 4.69) is 13.8 Å². The van der Waals surface area contributed by atoms with Gasteiger partial charge in [0.25, 0.3) is 0 Å². The standard InChI is InChI=1S/C15H25NO2S/c1-4-6-13(17)15-12(16)8-11(9-14(15)18)7-10(3)19-5-2/h10-11,15-16H,4-9H2,1-3H3/t10-,11+,15-/m1/s1. The molecule has 1 rings (SSSR count). The van der Waals surface area contributed by atoms with Crippen molar-refractivity contribution in [3.63, 3.8) is 0 Å². The van der Waals surface area contributed by atoms with Crippen LogP contribution < -0.4 is 0 Å². The van der Waals surface area contributed by atoms with Gasteiger partial charge in [0.2, 0.25) is 0 Å². The summed E-state index contributed by atoms with van der Waals surface area (Å²) in [6.07, 6.45) is 3.26. The van der Waals surface area contributed by atoms with Gasteiger partial charge >= 0.3 is 0 Å². The summed E-state index contributed by atoms with van der Waals surface area (Å²) in [6.45, 7) is 6.24. The van der Waals surface area contributed by atoms with E-state index in [4.69, 9.17) is 5.41 Å². The molecule has 3 atom stereocenters. The highest BCUT2D eigenvalue weighted by Gasteiger charge is 2.37. The number of ketones is 2. The maximum atomic E-state index is 12.1. The minimum atomic E-state index is -0.717. The average molecular weight is 283 g/mol. The van der Waals surface area contributed by atoms with Crippen molar-refractivity contribution in [2.24, 2.45) is 11.8 Å². The van der Waals surface area contributed by atoms with Gasteiger partial charge < -0.3 is 5.41 Å². The molecule has 0 unspecified atom stereocenters. The second-order valence-electron chi connectivity index (χ2n) is 5.42. The lowest BCUT2D eigenvalue weighted by molar-refractivity contribution is -0.131. The third-order valence-corrected chi connectivity index (χ3v) is 4.70. The van der Waals surface area contributed by atoms with Crippen LogP contribution in [0.3, 0.4) is 0 Å². The molecule has 1 saturated carbocycles. The number of carbonyl (C=O) groups excluding carboxylic acids is 2. The van der Waals surface area contributed by atoms with Crippen LogP contribution in [0.5, 0.6) is 0 Å². The van der Waals surface area contributed by atoms with Crippen LogP contribution in [0.2, 0.25) is 0 Å². The van der Waals surface area contributed by atoms with E-state index in [9.17, 15) is 9.59 Å². The molecule has 1 aliphatic rings. The summed E-state index contributed by atoms with van der Waals surface area (Å²) in [4.78, 5) is 24.0. The van der Waals surface area contributed by atoms with Gasteiger partial charge in [0.15, 0.2) is 0 Å². The normalized spacial score (nSPS) is 25.4. The fourth-order valence-electron chi connectivity index (χ4n) is 2.85. The lowest BCUT2D eigenvalue weighted by Crippen LogP contribution is -2.38. The number of hydrogen-bond donors (Lipinski definition) is 1. The third kappa shape index (κ3) is 4.75. The van der Waals surface area contributed by atoms with Crippen molar-refractivity contribution in [3.05, 3.63) is 0 Å². The van der Waals surface area contributed by atoms with Crippen LogP contribution in [0.4, 0.5) is 0 Å². The summed E-state index contributed by atoms with van der Waals surface area (Å²) < 4.78 is 0. The Morgan fingerprint density at radius 3 is 2.63 bits per heavy atom. The molecule has 1 aliphatic carbocycles. The number of carbonyl (C=O) groups is 2. The second kappa shape index (κ2) is 7.83. The van der Waals surface area contributed by atoms with Crippen LogP contribution in [0.25, 0.3) is 0 Å². The maximum Gasteiger partial charge on any atom is 0.149 e. The lowest BCUT2D eigenvalue weighted by Gasteiger charge is -2.29. The third-order valence-electron chi connectivity index (χ3n) is 3.60. The highest BCUT2D eigenvalue weighted by atomic mass is 32.2. The molecule has 0 aliphatic heterocycles. The first-order valence-electron chi connectivity index (χ1n) is 7.23. The molecule has 3 nitrogen and oxygen atoms in total. The first-order valence-corrected chi connectivity index (χ1v) is 8.28. The van der Waals surface area contributed by atoms with Crippen LogP contribution in [0, 0.1) is 17.2 Å². The molecule has 108 valence electrons. The van der Waals surface area contributed by atoms with Crippen LogP contribution in [0.1, 0.15) is 52.9 Å². The van der Waals surface area contributed by atoms with E-state index in [0.717, 1.165) is 18.6 Å². The van der Waals surface area contributed by atoms with Gasteiger partial charge in [0, 0.05) is 23.8 Å². The summed E-state index contributed by atoms with van der Waals surface area (Å²) in [6, 6.07) is 0. The maximum absolute atomic E-state index is 12.1. The van der Waals surface area contributed by atoms with Gasteiger partial charge in [-0.1, -0.05) is 20.8 Å². The van der Waals surface area contributed by atoms with E-state index in [1.54, 1.807) is 0 Å². The fraction of sp³-hybridized carbons (Fsp3) is 0.800. The monoisotopic (exact) mass is 283 g/mol. The molecule has 0 amide bonds. The molecule has 0 spiro atoms. The van der Waals surface area contributed by atoms with Gasteiger partial charge in [-0.3, -0.25) is 9.59 Å². The highest BCUT2D eigenvalue weighted by Crippen LogP contribution is 2.31. The zero-order valence-electron chi connectivity index (χ0n) is 12.2. The Morgan fingerprint density at radius 2 is 2.11 bits per heavy atom. The number of hydrogen-bond acceptors (Lipinski definition) is 4. The summed E-state index contributed by atoms with van der Waals surface area (Å²) in [5.41, 5.74) is 0.355. The second-order valence-corrected chi connectivity index (χ2v) is 7.13. The van der Waals surface area contributed by atoms with Crippen molar-refractivity contribution in [2.45, 2.75) is 58.1 Å². The van der Waals surface area contributed by atoms with E-state index in [0.29, 0.717) is 30.2 Å². The predicted molar refractivity (Wildman–Crippen MR) is 81.1 cm³/mol. The minimum Gasteiger partial charge on any atom is -0.308 e. The number of rotatable bonds is 7. The van der Waals surface area contributed by atoms with Gasteiger partial charge in [0.05, 0.1) is 0 Å². The van der Waals surface area contributed by atoms with Crippen molar-refractivity contribution < 1.29 is 9.59 Å². The first kappa shape index (κ1) is 16.4. The summed E-state index contributed by atoms with van der Waals surface area (Å²) in [5.74, 6) is 0.557. The van der Waals surface area contributed by atoms with Gasteiger partial charge in [-0.25, -0.2) is 0 Å². The molecular weight excluding hydrogens is 258 g/mol. The van der Waals surface area contributed by atoms with Gasteiger partial charge in [-0.15, -0.1) is 0 Å². The van der Waals surface area contributed by atoms with E-state index >= 15 is 0 Å². The fourth-order valence-corrected chi connectivity index (χ4v) is 3.83. The quantitative estimate of drug-likeness (QED) is 0.727. The summed E-state index contributed by atoms with van der Waals surface area (Å²) in [5, 5.41) is 8.54. The summed E-state index contributed by atoms with van der Waals surface area (Å²) >= 11 is 1.89. The molecule has 0 radical (unpaired) electrons. The Kier molecular flexibility index (Phi) is 6.76. The van der Waals surface area contributed by atoms with Crippen LogP contribution in [0.15, 0.2) is 0 Å². The molecule has 0 bridgehead atoms. The molecular formula is C15H25NO2S. The SMILES string of the molecule is CCCC(=O)[C@H]1C(=N)C[C@H](C[C@@H](C)SCC)CC1=O. The largest absolute Gasteiger partial charge is 0.308 e. The van der Waals surface area contributed by atoms with Crippen molar-refractivity contribution >= 4 is 29.0 Å². The highest BCUT2D eigenvalue weighted by molar-refractivity contribution is 7.99. The van der Waals surface area contributed by atoms with Crippen LogP contribution in [-0.4, -0.2) is 28.3 Å². The topological polar surface area (TPSA) is 58.0 Å². The molecule has 0 heterocycles. The molecule has 0 saturated heterocycles. The van der Waals surface area contributed by atoms with E-state index < -0.39 is 5.92 Å².